The summed E-state index contributed by atoms with van der Waals surface area (Å²) in [5.74, 6) is 6.71. The van der Waals surface area contributed by atoms with Gasteiger partial charge in [-0.3, -0.25) is 5.84 Å². The molecular weight excluding hydrogens is 280 g/mol. The lowest BCUT2D eigenvalue weighted by Gasteiger charge is -2.24. The minimum Gasteiger partial charge on any atom is -0.493 e. The van der Waals surface area contributed by atoms with E-state index < -0.39 is 0 Å². The maximum Gasteiger partial charge on any atom is 0.127 e. The van der Waals surface area contributed by atoms with Crippen LogP contribution < -0.4 is 16.0 Å². The van der Waals surface area contributed by atoms with Crippen molar-refractivity contribution in [3.05, 3.63) is 50.7 Å². The van der Waals surface area contributed by atoms with Crippen LogP contribution in [0.4, 0.5) is 0 Å². The van der Waals surface area contributed by atoms with Gasteiger partial charge >= 0.3 is 0 Å². The summed E-state index contributed by atoms with van der Waals surface area (Å²) in [6.45, 7) is 0.770. The van der Waals surface area contributed by atoms with Crippen molar-refractivity contribution >= 4 is 22.9 Å². The first kappa shape index (κ1) is 12.9. The second kappa shape index (κ2) is 5.51. The molecule has 1 atom stereocenters. The molecule has 0 fully saturated rings. The van der Waals surface area contributed by atoms with E-state index in [1.807, 2.05) is 12.1 Å². The lowest BCUT2D eigenvalue weighted by molar-refractivity contribution is 0.283. The summed E-state index contributed by atoms with van der Waals surface area (Å²) < 4.78 is 6.61. The number of nitrogens with one attached hydrogen (secondary N) is 1. The molecule has 1 aliphatic heterocycles. The first-order valence-corrected chi connectivity index (χ1v) is 7.45. The van der Waals surface area contributed by atoms with Gasteiger partial charge in [-0.15, -0.1) is 11.3 Å². The van der Waals surface area contributed by atoms with Crippen LogP contribution in [0, 0.1) is 0 Å². The van der Waals surface area contributed by atoms with E-state index >= 15 is 0 Å². The lowest BCUT2D eigenvalue weighted by atomic mass is 9.97. The van der Waals surface area contributed by atoms with Crippen LogP contribution >= 0.6 is 22.9 Å². The van der Waals surface area contributed by atoms with E-state index in [0.717, 1.165) is 40.0 Å². The van der Waals surface area contributed by atoms with Gasteiger partial charge in [-0.25, -0.2) is 5.43 Å². The molecule has 1 aliphatic rings. The van der Waals surface area contributed by atoms with Crippen LogP contribution in [0.1, 0.15) is 28.5 Å². The van der Waals surface area contributed by atoms with Crippen molar-refractivity contribution in [1.82, 2.24) is 5.43 Å². The molecule has 0 saturated heterocycles. The highest BCUT2D eigenvalue weighted by molar-refractivity contribution is 7.16. The van der Waals surface area contributed by atoms with Gasteiger partial charge in [0.1, 0.15) is 5.75 Å². The molecule has 0 amide bonds. The Morgan fingerprint density at radius 3 is 2.95 bits per heavy atom. The van der Waals surface area contributed by atoms with Crippen molar-refractivity contribution in [2.45, 2.75) is 18.9 Å². The van der Waals surface area contributed by atoms with E-state index in [-0.39, 0.29) is 6.04 Å². The number of hydrogen-bond donors (Lipinski definition) is 2. The Morgan fingerprint density at radius 1 is 1.32 bits per heavy atom. The number of ether oxygens (including phenoxy) is 1. The lowest BCUT2D eigenvalue weighted by Crippen LogP contribution is -2.29. The molecule has 3 N–H and O–H groups in total. The van der Waals surface area contributed by atoms with Crippen molar-refractivity contribution in [2.24, 2.45) is 5.84 Å². The van der Waals surface area contributed by atoms with Gasteiger partial charge in [0.15, 0.2) is 0 Å². The van der Waals surface area contributed by atoms with Crippen molar-refractivity contribution in [2.75, 3.05) is 6.61 Å². The van der Waals surface area contributed by atoms with E-state index in [2.05, 4.69) is 23.6 Å². The average Bonchev–Trinajstić information content (AvgIpc) is 2.86. The van der Waals surface area contributed by atoms with Gasteiger partial charge in [0.05, 0.1) is 17.0 Å². The van der Waals surface area contributed by atoms with Crippen LogP contribution in [-0.4, -0.2) is 6.61 Å². The Hall–Kier alpha value is -1.07. The topological polar surface area (TPSA) is 47.3 Å². The molecule has 2 aromatic rings. The molecule has 3 nitrogen and oxygen atoms in total. The smallest absolute Gasteiger partial charge is 0.127 e. The molecule has 2 heterocycles. The highest BCUT2D eigenvalue weighted by atomic mass is 35.5. The monoisotopic (exact) mass is 294 g/mol. The maximum atomic E-state index is 6.01. The van der Waals surface area contributed by atoms with Crippen LogP contribution in [0.3, 0.4) is 0 Å². The van der Waals surface area contributed by atoms with E-state index in [1.54, 1.807) is 0 Å². The SMILES string of the molecule is NNC(c1ccc(Cl)s1)c1cccc2c1OCCC2. The summed E-state index contributed by atoms with van der Waals surface area (Å²) in [6.07, 6.45) is 2.13. The summed E-state index contributed by atoms with van der Waals surface area (Å²) in [5.41, 5.74) is 5.21. The molecule has 3 rings (SSSR count). The number of halogens is 1. The highest BCUT2D eigenvalue weighted by Crippen LogP contribution is 2.38. The Bertz CT molecular complexity index is 585. The van der Waals surface area contributed by atoms with Crippen LogP contribution in [0.25, 0.3) is 0 Å². The van der Waals surface area contributed by atoms with Crippen LogP contribution in [0.2, 0.25) is 4.34 Å². The normalized spacial score (nSPS) is 15.7. The maximum absolute atomic E-state index is 6.01. The van der Waals surface area contributed by atoms with Gasteiger partial charge in [-0.2, -0.15) is 0 Å². The summed E-state index contributed by atoms with van der Waals surface area (Å²) >= 11 is 7.54. The minimum atomic E-state index is -0.0782. The van der Waals surface area contributed by atoms with E-state index in [9.17, 15) is 0 Å². The number of para-hydroxylation sites is 1. The molecule has 5 heteroatoms. The Balaban J connectivity index is 2.04. The van der Waals surface area contributed by atoms with Crippen molar-refractivity contribution in [3.8, 4) is 5.75 Å². The molecule has 100 valence electrons. The standard InChI is InChI=1S/C14H15ClN2OS/c15-12-7-6-11(19-12)13(17-16)10-5-1-3-9-4-2-8-18-14(9)10/h1,3,5-7,13,17H,2,4,8,16H2. The third-order valence-corrected chi connectivity index (χ3v) is 4.62. The highest BCUT2D eigenvalue weighted by Gasteiger charge is 2.22. The Kier molecular flexibility index (Phi) is 3.75. The quantitative estimate of drug-likeness (QED) is 0.674. The zero-order chi connectivity index (χ0) is 13.2. The van der Waals surface area contributed by atoms with E-state index in [0.29, 0.717) is 0 Å². The van der Waals surface area contributed by atoms with Crippen LogP contribution in [0.5, 0.6) is 5.75 Å². The fourth-order valence-corrected chi connectivity index (χ4v) is 3.59. The molecule has 1 aromatic carbocycles. The molecule has 1 unspecified atom stereocenters. The summed E-state index contributed by atoms with van der Waals surface area (Å²) in [5, 5.41) is 0. The summed E-state index contributed by atoms with van der Waals surface area (Å²) in [6, 6.07) is 10.0. The largest absolute Gasteiger partial charge is 0.493 e. The molecule has 1 aromatic heterocycles. The third-order valence-electron chi connectivity index (χ3n) is 3.32. The number of thiophene rings is 1. The number of benzene rings is 1. The van der Waals surface area contributed by atoms with Gasteiger partial charge in [0.25, 0.3) is 0 Å². The minimum absolute atomic E-state index is 0.0782. The third kappa shape index (κ3) is 2.49. The predicted octanol–water partition coefficient (Wildman–Crippen LogP) is 3.28. The molecule has 0 spiro atoms. The number of fused-ring (bicyclic) bond motifs is 1. The number of rotatable bonds is 3. The molecule has 0 saturated carbocycles. The molecular formula is C14H15ClN2OS. The Morgan fingerprint density at radius 2 is 2.21 bits per heavy atom. The number of hydrogen-bond acceptors (Lipinski definition) is 4. The fraction of sp³-hybridized carbons (Fsp3) is 0.286. The fourth-order valence-electron chi connectivity index (χ4n) is 2.45. The van der Waals surface area contributed by atoms with Crippen LogP contribution in [0.15, 0.2) is 30.3 Å². The van der Waals surface area contributed by atoms with Crippen LogP contribution in [-0.2, 0) is 6.42 Å². The van der Waals surface area contributed by atoms with E-state index in [4.69, 9.17) is 22.2 Å². The number of aryl methyl sites for hydroxylation is 1. The zero-order valence-electron chi connectivity index (χ0n) is 10.4. The van der Waals surface area contributed by atoms with Gasteiger partial charge in [-0.05, 0) is 30.5 Å². The Labute approximate surface area is 121 Å². The molecule has 0 aliphatic carbocycles. The second-order valence-corrected chi connectivity index (χ2v) is 6.28. The summed E-state index contributed by atoms with van der Waals surface area (Å²) in [4.78, 5) is 1.09. The molecule has 0 bridgehead atoms. The van der Waals surface area contributed by atoms with Crippen molar-refractivity contribution in [1.29, 1.82) is 0 Å². The second-order valence-electron chi connectivity index (χ2n) is 4.53. The zero-order valence-corrected chi connectivity index (χ0v) is 11.9. The molecule has 0 radical (unpaired) electrons. The van der Waals surface area contributed by atoms with Gasteiger partial charge in [0, 0.05) is 10.4 Å². The first-order chi connectivity index (χ1) is 9.29. The van der Waals surface area contributed by atoms with Gasteiger partial charge in [-0.1, -0.05) is 29.8 Å². The van der Waals surface area contributed by atoms with Gasteiger partial charge in [0.2, 0.25) is 0 Å². The number of nitrogens with two attached hydrogens (primary N) is 1. The van der Waals surface area contributed by atoms with Crippen molar-refractivity contribution < 1.29 is 4.74 Å². The molecule has 19 heavy (non-hydrogen) atoms. The number of hydrazine groups is 1. The van der Waals surface area contributed by atoms with Gasteiger partial charge < -0.3 is 4.74 Å². The van der Waals surface area contributed by atoms with Crippen molar-refractivity contribution in [3.63, 3.8) is 0 Å². The van der Waals surface area contributed by atoms with E-state index in [1.165, 1.54) is 16.9 Å². The summed E-state index contributed by atoms with van der Waals surface area (Å²) in [7, 11) is 0. The first-order valence-electron chi connectivity index (χ1n) is 6.25. The predicted molar refractivity (Wildman–Crippen MR) is 78.8 cm³/mol. The average molecular weight is 295 g/mol.